The highest BCUT2D eigenvalue weighted by Gasteiger charge is 2.40. The first-order chi connectivity index (χ1) is 21.2. The molecule has 6 rings (SSSR count). The summed E-state index contributed by atoms with van der Waals surface area (Å²) in [7, 11) is 1.98. The summed E-state index contributed by atoms with van der Waals surface area (Å²) in [6, 6.07) is 4.30. The SMILES string of the molecule is C[C@@H]1CN(c2nc(OC[C@]3(C)CCCN3C)nc3c(F)c(-c4ccc(F)c5sc(N)c(C#N)c45)c(C(F)(F)F)cc23)[C@@H](C)CN1. The van der Waals surface area contributed by atoms with Crippen molar-refractivity contribution in [3.8, 4) is 23.2 Å². The zero-order valence-corrected chi connectivity index (χ0v) is 26.0. The molecule has 2 aromatic carbocycles. The molecule has 0 bridgehead atoms. The minimum Gasteiger partial charge on any atom is -0.461 e. The highest BCUT2D eigenvalue weighted by atomic mass is 32.1. The number of piperazine rings is 1. The summed E-state index contributed by atoms with van der Waals surface area (Å²) < 4.78 is 82.2. The average Bonchev–Trinajstić information content (AvgIpc) is 3.51. The van der Waals surface area contributed by atoms with Gasteiger partial charge in [-0.1, -0.05) is 6.07 Å². The van der Waals surface area contributed by atoms with Crippen LogP contribution in [0.5, 0.6) is 6.01 Å². The first kappa shape index (κ1) is 31.2. The van der Waals surface area contributed by atoms with E-state index in [4.69, 9.17) is 10.5 Å². The van der Waals surface area contributed by atoms with Crippen LogP contribution in [0.1, 0.15) is 44.7 Å². The lowest BCUT2D eigenvalue weighted by Gasteiger charge is -2.39. The fraction of sp³-hybridized carbons (Fsp3) is 0.452. The number of benzene rings is 2. The molecule has 3 N–H and O–H groups in total. The lowest BCUT2D eigenvalue weighted by atomic mass is 9.92. The normalized spacial score (nSPS) is 22.8. The predicted molar refractivity (Wildman–Crippen MR) is 164 cm³/mol. The predicted octanol–water partition coefficient (Wildman–Crippen LogP) is 6.31. The number of fused-ring (bicyclic) bond motifs is 2. The monoisotopic (exact) mass is 645 g/mol. The van der Waals surface area contributed by atoms with Gasteiger partial charge >= 0.3 is 12.2 Å². The molecule has 4 aromatic rings. The van der Waals surface area contributed by atoms with Crippen LogP contribution in [0.2, 0.25) is 0 Å². The fourth-order valence-electron chi connectivity index (χ4n) is 6.35. The van der Waals surface area contributed by atoms with Gasteiger partial charge in [-0.15, -0.1) is 11.3 Å². The van der Waals surface area contributed by atoms with Gasteiger partial charge in [-0.25, -0.2) is 8.78 Å². The van der Waals surface area contributed by atoms with Crippen LogP contribution in [0.3, 0.4) is 0 Å². The first-order valence-electron chi connectivity index (χ1n) is 14.6. The van der Waals surface area contributed by atoms with E-state index in [0.29, 0.717) is 13.1 Å². The second-order valence-corrected chi connectivity index (χ2v) is 13.3. The third-order valence-corrected chi connectivity index (χ3v) is 10.1. The maximum atomic E-state index is 16.9. The molecule has 2 aliphatic heterocycles. The Morgan fingerprint density at radius 2 is 2.00 bits per heavy atom. The van der Waals surface area contributed by atoms with Gasteiger partial charge in [0.05, 0.1) is 21.4 Å². The van der Waals surface area contributed by atoms with E-state index < -0.39 is 28.9 Å². The number of nitriles is 1. The molecule has 0 radical (unpaired) electrons. The average molecular weight is 646 g/mol. The van der Waals surface area contributed by atoms with Gasteiger partial charge in [-0.3, -0.25) is 4.90 Å². The van der Waals surface area contributed by atoms with Crippen LogP contribution in [0.4, 0.5) is 32.8 Å². The number of nitrogen functional groups attached to an aromatic ring is 1. The molecule has 45 heavy (non-hydrogen) atoms. The number of nitrogens with zero attached hydrogens (tertiary/aromatic N) is 5. The Bertz CT molecular complexity index is 1850. The Morgan fingerprint density at radius 1 is 1.24 bits per heavy atom. The van der Waals surface area contributed by atoms with Gasteiger partial charge in [0.25, 0.3) is 0 Å². The quantitative estimate of drug-likeness (QED) is 0.244. The van der Waals surface area contributed by atoms with Gasteiger partial charge < -0.3 is 20.7 Å². The lowest BCUT2D eigenvalue weighted by Crippen LogP contribution is -2.54. The number of rotatable bonds is 5. The minimum absolute atomic E-state index is 0.0196. The van der Waals surface area contributed by atoms with E-state index in [0.717, 1.165) is 48.9 Å². The summed E-state index contributed by atoms with van der Waals surface area (Å²) in [5, 5.41) is 12.7. The van der Waals surface area contributed by atoms with Crippen molar-refractivity contribution >= 4 is 43.1 Å². The first-order valence-corrected chi connectivity index (χ1v) is 15.4. The number of nitrogens with one attached hydrogen (secondary N) is 1. The van der Waals surface area contributed by atoms with E-state index >= 15 is 4.39 Å². The zero-order chi connectivity index (χ0) is 32.4. The highest BCUT2D eigenvalue weighted by molar-refractivity contribution is 7.23. The Morgan fingerprint density at radius 3 is 2.67 bits per heavy atom. The number of aromatic nitrogens is 2. The number of alkyl halides is 3. The molecule has 2 saturated heterocycles. The smallest absolute Gasteiger partial charge is 0.417 e. The molecule has 0 saturated carbocycles. The summed E-state index contributed by atoms with van der Waals surface area (Å²) in [6.45, 7) is 7.87. The molecule has 238 valence electrons. The Hall–Kier alpha value is -3.80. The number of thiophene rings is 1. The third kappa shape index (κ3) is 5.30. The molecular formula is C31H32F5N7OS. The van der Waals surface area contributed by atoms with E-state index in [1.54, 1.807) is 0 Å². The van der Waals surface area contributed by atoms with Crippen molar-refractivity contribution in [2.75, 3.05) is 43.9 Å². The van der Waals surface area contributed by atoms with Gasteiger partial charge in [0.15, 0.2) is 5.82 Å². The van der Waals surface area contributed by atoms with Crippen LogP contribution in [0, 0.1) is 23.0 Å². The number of nitrogens with two attached hydrogens (primary N) is 1. The summed E-state index contributed by atoms with van der Waals surface area (Å²) in [5.74, 6) is -1.94. The largest absolute Gasteiger partial charge is 0.461 e. The molecule has 4 heterocycles. The maximum Gasteiger partial charge on any atom is 0.417 e. The van der Waals surface area contributed by atoms with E-state index in [1.165, 1.54) is 0 Å². The maximum absolute atomic E-state index is 16.9. The molecule has 2 aromatic heterocycles. The molecule has 2 fully saturated rings. The zero-order valence-electron chi connectivity index (χ0n) is 25.1. The van der Waals surface area contributed by atoms with Gasteiger partial charge in [-0.05, 0) is 64.9 Å². The van der Waals surface area contributed by atoms with E-state index in [2.05, 4.69) is 20.2 Å². The van der Waals surface area contributed by atoms with Crippen LogP contribution in [-0.2, 0) is 6.18 Å². The number of ether oxygens (including phenoxy) is 1. The van der Waals surface area contributed by atoms with Crippen molar-refractivity contribution in [3.63, 3.8) is 0 Å². The van der Waals surface area contributed by atoms with Crippen molar-refractivity contribution in [3.05, 3.63) is 41.0 Å². The standard InChI is InChI=1S/C31H32F5N7OS/c1-15-13-43(16(2)12-39-15)28-18-10-20(31(34,35)36)23(17-6-7-21(32)26-22(17)19(11-37)27(38)45-26)24(33)25(18)40-29(41-28)44-14-30(3)8-5-9-42(30)4/h6-7,10,15-16,39H,5,8-9,12-14,38H2,1-4H3/t15-,16+,30+/m1/s1. The molecule has 3 atom stereocenters. The second kappa shape index (κ2) is 11.2. The summed E-state index contributed by atoms with van der Waals surface area (Å²) >= 11 is 0.718. The van der Waals surface area contributed by atoms with Gasteiger partial charge in [0.2, 0.25) is 0 Å². The van der Waals surface area contributed by atoms with Crippen LogP contribution in [0.15, 0.2) is 18.2 Å². The number of likely N-dealkylation sites (tertiary alicyclic amines) is 1. The van der Waals surface area contributed by atoms with Gasteiger partial charge in [0.1, 0.15) is 34.8 Å². The van der Waals surface area contributed by atoms with E-state index in [9.17, 15) is 22.8 Å². The Kier molecular flexibility index (Phi) is 7.78. The van der Waals surface area contributed by atoms with Gasteiger partial charge in [0, 0.05) is 41.5 Å². The van der Waals surface area contributed by atoms with Crippen molar-refractivity contribution in [2.24, 2.45) is 0 Å². The summed E-state index contributed by atoms with van der Waals surface area (Å²) in [4.78, 5) is 12.9. The third-order valence-electron chi connectivity index (χ3n) is 9.07. The minimum atomic E-state index is -5.03. The van der Waals surface area contributed by atoms with Crippen LogP contribution < -0.4 is 20.7 Å². The van der Waals surface area contributed by atoms with Gasteiger partial charge in [-0.2, -0.15) is 28.4 Å². The van der Waals surface area contributed by atoms with E-state index in [-0.39, 0.29) is 73.2 Å². The number of hydrogen-bond donors (Lipinski definition) is 2. The molecular weight excluding hydrogens is 613 g/mol. The summed E-state index contributed by atoms with van der Waals surface area (Å²) in [5.41, 5.74) is 2.56. The van der Waals surface area contributed by atoms with Crippen molar-refractivity contribution in [1.82, 2.24) is 20.2 Å². The number of halogens is 5. The molecule has 0 amide bonds. The number of anilines is 2. The van der Waals surface area contributed by atoms with E-state index in [1.807, 2.05) is 38.8 Å². The van der Waals surface area contributed by atoms with Crippen molar-refractivity contribution < 1.29 is 26.7 Å². The molecule has 14 heteroatoms. The van der Waals surface area contributed by atoms with Crippen molar-refractivity contribution in [2.45, 2.75) is 57.4 Å². The topological polar surface area (TPSA) is 103 Å². The molecule has 0 aliphatic carbocycles. The molecule has 8 nitrogen and oxygen atoms in total. The second-order valence-electron chi connectivity index (χ2n) is 12.2. The molecule has 2 aliphatic rings. The van der Waals surface area contributed by atoms with Crippen LogP contribution >= 0.6 is 11.3 Å². The van der Waals surface area contributed by atoms with Crippen LogP contribution in [0.25, 0.3) is 32.1 Å². The fourth-order valence-corrected chi connectivity index (χ4v) is 7.30. The van der Waals surface area contributed by atoms with Crippen LogP contribution in [-0.4, -0.2) is 65.8 Å². The number of likely N-dealkylation sites (N-methyl/N-ethyl adjacent to an activating group) is 1. The number of hydrogen-bond acceptors (Lipinski definition) is 9. The molecule has 0 unspecified atom stereocenters. The summed E-state index contributed by atoms with van der Waals surface area (Å²) in [6.07, 6.45) is -3.20. The highest BCUT2D eigenvalue weighted by Crippen LogP contribution is 2.48. The molecule has 0 spiro atoms. The van der Waals surface area contributed by atoms with Crippen molar-refractivity contribution in [1.29, 1.82) is 5.26 Å². The Labute approximate surface area is 260 Å². The lowest BCUT2D eigenvalue weighted by molar-refractivity contribution is -0.137. The Balaban J connectivity index is 1.64.